The summed E-state index contributed by atoms with van der Waals surface area (Å²) in [5.41, 5.74) is 2.06. The van der Waals surface area contributed by atoms with Crippen molar-refractivity contribution in [2.45, 2.75) is 6.42 Å². The lowest BCUT2D eigenvalue weighted by atomic mass is 10.1. The Morgan fingerprint density at radius 1 is 1.00 bits per heavy atom. The van der Waals surface area contributed by atoms with Gasteiger partial charge in [0.15, 0.2) is 0 Å². The molecule has 5 nitrogen and oxygen atoms in total. The molecule has 0 aromatic heterocycles. The van der Waals surface area contributed by atoms with Crippen LogP contribution < -0.4 is 4.74 Å². The standard InChI is InChI=1S/C17H20N2O3/c1-18(2)12-3-13-22-17-10-6-15(7-11-17)14-4-8-16(9-5-14)19(20)21/h4-11H,3,12-13H2,1-2H3. The molecule has 22 heavy (non-hydrogen) atoms. The minimum Gasteiger partial charge on any atom is -0.494 e. The summed E-state index contributed by atoms with van der Waals surface area (Å²) in [7, 11) is 4.08. The predicted octanol–water partition coefficient (Wildman–Crippen LogP) is 3.59. The van der Waals surface area contributed by atoms with E-state index >= 15 is 0 Å². The molecule has 0 aliphatic rings. The predicted molar refractivity (Wildman–Crippen MR) is 87.2 cm³/mol. The van der Waals surface area contributed by atoms with Crippen LogP contribution >= 0.6 is 0 Å². The first kappa shape index (κ1) is 16.0. The van der Waals surface area contributed by atoms with E-state index in [1.54, 1.807) is 12.1 Å². The Bertz CT molecular complexity index is 607. The number of benzene rings is 2. The van der Waals surface area contributed by atoms with Gasteiger partial charge in [-0.15, -0.1) is 0 Å². The summed E-state index contributed by atoms with van der Waals surface area (Å²) in [4.78, 5) is 12.4. The summed E-state index contributed by atoms with van der Waals surface area (Å²) in [5.74, 6) is 0.837. The fraction of sp³-hybridized carbons (Fsp3) is 0.294. The van der Waals surface area contributed by atoms with E-state index in [0.717, 1.165) is 29.8 Å². The second kappa shape index (κ2) is 7.56. The number of rotatable bonds is 7. The average molecular weight is 300 g/mol. The summed E-state index contributed by atoms with van der Waals surface area (Å²) < 4.78 is 5.68. The van der Waals surface area contributed by atoms with Crippen molar-refractivity contribution in [2.24, 2.45) is 0 Å². The molecule has 2 aromatic carbocycles. The molecule has 0 amide bonds. The normalized spacial score (nSPS) is 10.7. The summed E-state index contributed by atoms with van der Waals surface area (Å²) in [5, 5.41) is 10.6. The van der Waals surface area contributed by atoms with Gasteiger partial charge in [0, 0.05) is 18.7 Å². The molecular weight excluding hydrogens is 280 g/mol. The first-order valence-corrected chi connectivity index (χ1v) is 7.18. The molecule has 0 saturated carbocycles. The Morgan fingerprint density at radius 3 is 2.05 bits per heavy atom. The third kappa shape index (κ3) is 4.56. The molecule has 0 saturated heterocycles. The molecule has 0 aliphatic carbocycles. The Balaban J connectivity index is 1.95. The lowest BCUT2D eigenvalue weighted by molar-refractivity contribution is -0.384. The van der Waals surface area contributed by atoms with Crippen LogP contribution in [0.25, 0.3) is 11.1 Å². The van der Waals surface area contributed by atoms with Gasteiger partial charge in [-0.1, -0.05) is 12.1 Å². The smallest absolute Gasteiger partial charge is 0.269 e. The van der Waals surface area contributed by atoms with Gasteiger partial charge in [-0.3, -0.25) is 10.1 Å². The highest BCUT2D eigenvalue weighted by Gasteiger charge is 2.05. The van der Waals surface area contributed by atoms with Crippen LogP contribution in [0.4, 0.5) is 5.69 Å². The molecule has 116 valence electrons. The second-order valence-electron chi connectivity index (χ2n) is 5.33. The van der Waals surface area contributed by atoms with Gasteiger partial charge in [0.1, 0.15) is 5.75 Å². The van der Waals surface area contributed by atoms with Crippen LogP contribution in [0.2, 0.25) is 0 Å². The highest BCUT2D eigenvalue weighted by atomic mass is 16.6. The molecule has 0 radical (unpaired) electrons. The fourth-order valence-electron chi connectivity index (χ4n) is 2.09. The maximum absolute atomic E-state index is 10.6. The van der Waals surface area contributed by atoms with Crippen LogP contribution in [0.5, 0.6) is 5.75 Å². The van der Waals surface area contributed by atoms with E-state index in [1.165, 1.54) is 12.1 Å². The van der Waals surface area contributed by atoms with Crippen LogP contribution in [-0.2, 0) is 0 Å². The molecule has 0 fully saturated rings. The van der Waals surface area contributed by atoms with Gasteiger partial charge >= 0.3 is 0 Å². The maximum Gasteiger partial charge on any atom is 0.269 e. The van der Waals surface area contributed by atoms with Crippen LogP contribution in [0.1, 0.15) is 6.42 Å². The number of ether oxygens (including phenoxy) is 1. The van der Waals surface area contributed by atoms with E-state index in [9.17, 15) is 10.1 Å². The Kier molecular flexibility index (Phi) is 5.49. The van der Waals surface area contributed by atoms with Crippen molar-refractivity contribution in [1.82, 2.24) is 4.90 Å². The van der Waals surface area contributed by atoms with E-state index in [0.29, 0.717) is 6.61 Å². The Morgan fingerprint density at radius 2 is 1.55 bits per heavy atom. The fourth-order valence-corrected chi connectivity index (χ4v) is 2.09. The van der Waals surface area contributed by atoms with Crippen LogP contribution in [0, 0.1) is 10.1 Å². The zero-order valence-corrected chi connectivity index (χ0v) is 12.9. The zero-order chi connectivity index (χ0) is 15.9. The zero-order valence-electron chi connectivity index (χ0n) is 12.9. The summed E-state index contributed by atoms with van der Waals surface area (Å²) in [6.45, 7) is 1.69. The highest BCUT2D eigenvalue weighted by molar-refractivity contribution is 5.65. The average Bonchev–Trinajstić information content (AvgIpc) is 2.52. The molecule has 0 bridgehead atoms. The van der Waals surface area contributed by atoms with Gasteiger partial charge in [-0.2, -0.15) is 0 Å². The first-order valence-electron chi connectivity index (χ1n) is 7.18. The summed E-state index contributed by atoms with van der Waals surface area (Å²) in [6.07, 6.45) is 0.983. The summed E-state index contributed by atoms with van der Waals surface area (Å²) >= 11 is 0. The van der Waals surface area contributed by atoms with E-state index in [2.05, 4.69) is 4.90 Å². The van der Waals surface area contributed by atoms with Gasteiger partial charge in [-0.25, -0.2) is 0 Å². The van der Waals surface area contributed by atoms with Gasteiger partial charge in [0.2, 0.25) is 0 Å². The first-order chi connectivity index (χ1) is 10.6. The second-order valence-corrected chi connectivity index (χ2v) is 5.33. The van der Waals surface area contributed by atoms with Gasteiger partial charge < -0.3 is 9.64 Å². The molecular formula is C17H20N2O3. The molecule has 2 rings (SSSR count). The third-order valence-corrected chi connectivity index (χ3v) is 3.28. The minimum absolute atomic E-state index is 0.101. The monoisotopic (exact) mass is 300 g/mol. The molecule has 0 N–H and O–H groups in total. The highest BCUT2D eigenvalue weighted by Crippen LogP contribution is 2.24. The van der Waals surface area contributed by atoms with Crippen LogP contribution in [0.3, 0.4) is 0 Å². The van der Waals surface area contributed by atoms with Gasteiger partial charge in [0.25, 0.3) is 5.69 Å². The van der Waals surface area contributed by atoms with E-state index < -0.39 is 4.92 Å². The van der Waals surface area contributed by atoms with Crippen molar-refractivity contribution in [2.75, 3.05) is 27.2 Å². The third-order valence-electron chi connectivity index (χ3n) is 3.28. The van der Waals surface area contributed by atoms with Gasteiger partial charge in [-0.05, 0) is 55.9 Å². The van der Waals surface area contributed by atoms with Crippen molar-refractivity contribution < 1.29 is 9.66 Å². The number of nitro groups is 1. The summed E-state index contributed by atoms with van der Waals surface area (Å²) in [6, 6.07) is 14.3. The minimum atomic E-state index is -0.394. The topological polar surface area (TPSA) is 55.6 Å². The molecule has 2 aromatic rings. The number of nitro benzene ring substituents is 1. The molecule has 0 atom stereocenters. The Labute approximate surface area is 130 Å². The lowest BCUT2D eigenvalue weighted by Gasteiger charge is -2.10. The number of non-ortho nitro benzene ring substituents is 1. The SMILES string of the molecule is CN(C)CCCOc1ccc(-c2ccc([N+](=O)[O-])cc2)cc1. The molecule has 5 heteroatoms. The Hall–Kier alpha value is -2.40. The molecule has 0 spiro atoms. The van der Waals surface area contributed by atoms with Crippen molar-refractivity contribution in [3.8, 4) is 16.9 Å². The van der Waals surface area contributed by atoms with E-state index in [1.807, 2.05) is 38.4 Å². The number of hydrogen-bond acceptors (Lipinski definition) is 4. The lowest BCUT2D eigenvalue weighted by Crippen LogP contribution is -2.15. The van der Waals surface area contributed by atoms with Crippen LogP contribution in [-0.4, -0.2) is 37.1 Å². The largest absolute Gasteiger partial charge is 0.494 e. The molecule has 0 unspecified atom stereocenters. The van der Waals surface area contributed by atoms with Crippen molar-refractivity contribution >= 4 is 5.69 Å². The van der Waals surface area contributed by atoms with Gasteiger partial charge in [0.05, 0.1) is 11.5 Å². The molecule has 0 heterocycles. The van der Waals surface area contributed by atoms with Crippen LogP contribution in [0.15, 0.2) is 48.5 Å². The maximum atomic E-state index is 10.6. The molecule has 0 aliphatic heterocycles. The number of hydrogen-bond donors (Lipinski definition) is 0. The quantitative estimate of drug-likeness (QED) is 0.445. The van der Waals surface area contributed by atoms with Crippen molar-refractivity contribution in [3.05, 3.63) is 58.6 Å². The van der Waals surface area contributed by atoms with E-state index in [-0.39, 0.29) is 5.69 Å². The number of nitrogens with zero attached hydrogens (tertiary/aromatic N) is 2. The van der Waals surface area contributed by atoms with Crippen molar-refractivity contribution in [1.29, 1.82) is 0 Å². The van der Waals surface area contributed by atoms with Crippen molar-refractivity contribution in [3.63, 3.8) is 0 Å². The van der Waals surface area contributed by atoms with E-state index in [4.69, 9.17) is 4.74 Å².